The van der Waals surface area contributed by atoms with Gasteiger partial charge in [-0.05, 0) is 15.9 Å². The predicted octanol–water partition coefficient (Wildman–Crippen LogP) is 0.181. The van der Waals surface area contributed by atoms with Gasteiger partial charge in [0.15, 0.2) is 0 Å². The van der Waals surface area contributed by atoms with Gasteiger partial charge in [0.25, 0.3) is 5.56 Å². The van der Waals surface area contributed by atoms with Crippen LogP contribution in [0.5, 0.6) is 0 Å². The average Bonchev–Trinajstić information content (AvgIpc) is 1.99. The van der Waals surface area contributed by atoms with Crippen LogP contribution >= 0.6 is 15.9 Å². The molecule has 3 N–H and O–H groups in total. The summed E-state index contributed by atoms with van der Waals surface area (Å²) in [5.74, 6) is 0.642. The highest BCUT2D eigenvalue weighted by molar-refractivity contribution is 9.10. The van der Waals surface area contributed by atoms with Crippen LogP contribution in [0.25, 0.3) is 0 Å². The lowest BCUT2D eigenvalue weighted by atomic mass is 10.6. The molecule has 0 aliphatic rings. The summed E-state index contributed by atoms with van der Waals surface area (Å²) < 4.78 is 0.271. The lowest BCUT2D eigenvalue weighted by Crippen LogP contribution is -2.20. The van der Waals surface area contributed by atoms with E-state index in [0.717, 1.165) is 0 Å². The summed E-state index contributed by atoms with van der Waals surface area (Å²) in [5, 5.41) is 0. The molecule has 0 bridgehead atoms. The van der Waals surface area contributed by atoms with Crippen LogP contribution in [0.3, 0.4) is 0 Å². The summed E-state index contributed by atoms with van der Waals surface area (Å²) in [4.78, 5) is 19.3. The van der Waals surface area contributed by atoms with Gasteiger partial charge in [-0.1, -0.05) is 0 Å². The quantitative estimate of drug-likeness (QED) is 0.725. The van der Waals surface area contributed by atoms with E-state index in [1.165, 1.54) is 0 Å². The van der Waals surface area contributed by atoms with Gasteiger partial charge in [0.05, 0.1) is 0 Å². The zero-order chi connectivity index (χ0) is 9.30. The molecule has 0 aliphatic carbocycles. The summed E-state index contributed by atoms with van der Waals surface area (Å²) in [5.41, 5.74) is 5.18. The van der Waals surface area contributed by atoms with Crippen molar-refractivity contribution in [2.75, 3.05) is 24.7 Å². The Kier molecular flexibility index (Phi) is 2.37. The average molecular weight is 233 g/mol. The van der Waals surface area contributed by atoms with Crippen LogP contribution in [0.15, 0.2) is 9.27 Å². The van der Waals surface area contributed by atoms with Crippen molar-refractivity contribution in [3.05, 3.63) is 14.8 Å². The summed E-state index contributed by atoms with van der Waals surface area (Å²) in [6.07, 6.45) is 0. The molecule has 0 spiro atoms. The van der Waals surface area contributed by atoms with E-state index >= 15 is 0 Å². The molecule has 1 aromatic heterocycles. The first kappa shape index (κ1) is 9.05. The zero-order valence-electron chi connectivity index (χ0n) is 6.76. The summed E-state index contributed by atoms with van der Waals surface area (Å²) in [6.45, 7) is 0. The molecule has 6 heteroatoms. The predicted molar refractivity (Wildman–Crippen MR) is 51.3 cm³/mol. The fourth-order valence-corrected chi connectivity index (χ4v) is 0.863. The first-order valence-electron chi connectivity index (χ1n) is 3.25. The second-order valence-corrected chi connectivity index (χ2v) is 3.28. The van der Waals surface area contributed by atoms with Crippen molar-refractivity contribution in [1.82, 2.24) is 9.97 Å². The van der Waals surface area contributed by atoms with Gasteiger partial charge in [-0.15, -0.1) is 0 Å². The Hall–Kier alpha value is -1.04. The molecule has 12 heavy (non-hydrogen) atoms. The van der Waals surface area contributed by atoms with Gasteiger partial charge in [-0.2, -0.15) is 4.98 Å². The van der Waals surface area contributed by atoms with Crippen LogP contribution in [0, 0.1) is 0 Å². The number of anilines is 2. The Morgan fingerprint density at radius 3 is 2.58 bits per heavy atom. The second-order valence-electron chi connectivity index (χ2n) is 2.48. The molecule has 1 aromatic rings. The van der Waals surface area contributed by atoms with Crippen molar-refractivity contribution >= 4 is 27.7 Å². The van der Waals surface area contributed by atoms with Gasteiger partial charge in [0, 0.05) is 14.1 Å². The Morgan fingerprint density at radius 2 is 2.17 bits per heavy atom. The molecule has 0 saturated heterocycles. The van der Waals surface area contributed by atoms with Crippen molar-refractivity contribution in [3.8, 4) is 0 Å². The van der Waals surface area contributed by atoms with Crippen molar-refractivity contribution in [2.45, 2.75) is 0 Å². The maximum absolute atomic E-state index is 11.1. The van der Waals surface area contributed by atoms with E-state index in [-0.39, 0.29) is 15.8 Å². The number of aromatic amines is 1. The second kappa shape index (κ2) is 3.14. The molecule has 0 saturated carbocycles. The molecule has 0 fully saturated rings. The smallest absolute Gasteiger partial charge is 0.268 e. The van der Waals surface area contributed by atoms with Gasteiger partial charge in [0.1, 0.15) is 10.3 Å². The molecule has 66 valence electrons. The van der Waals surface area contributed by atoms with Gasteiger partial charge < -0.3 is 10.6 Å². The minimum atomic E-state index is -0.272. The lowest BCUT2D eigenvalue weighted by molar-refractivity contribution is 0.979. The molecule has 0 aliphatic heterocycles. The Labute approximate surface area is 77.7 Å². The minimum Gasteiger partial charge on any atom is -0.382 e. The van der Waals surface area contributed by atoms with Crippen LogP contribution in [0.1, 0.15) is 0 Å². The Balaban J connectivity index is 3.31. The van der Waals surface area contributed by atoms with Gasteiger partial charge in [0.2, 0.25) is 5.95 Å². The number of nitrogens with two attached hydrogens (primary N) is 1. The third kappa shape index (κ3) is 1.58. The largest absolute Gasteiger partial charge is 0.382 e. The fraction of sp³-hybridized carbons (Fsp3) is 0.333. The number of nitrogens with one attached hydrogen (secondary N) is 1. The van der Waals surface area contributed by atoms with E-state index in [2.05, 4.69) is 25.9 Å². The van der Waals surface area contributed by atoms with E-state index in [1.54, 1.807) is 19.0 Å². The third-order valence-corrected chi connectivity index (χ3v) is 2.07. The molecule has 0 aromatic carbocycles. The summed E-state index contributed by atoms with van der Waals surface area (Å²) >= 11 is 3.01. The molecule has 5 nitrogen and oxygen atoms in total. The van der Waals surface area contributed by atoms with E-state index in [9.17, 15) is 4.79 Å². The fourth-order valence-electron chi connectivity index (χ4n) is 0.676. The van der Waals surface area contributed by atoms with Crippen molar-refractivity contribution in [1.29, 1.82) is 0 Å². The van der Waals surface area contributed by atoms with Crippen LogP contribution in [0.4, 0.5) is 11.8 Å². The van der Waals surface area contributed by atoms with Gasteiger partial charge in [-0.3, -0.25) is 9.78 Å². The number of nitrogens with zero attached hydrogens (tertiary/aromatic N) is 2. The van der Waals surface area contributed by atoms with E-state index < -0.39 is 0 Å². The number of rotatable bonds is 1. The number of H-pyrrole nitrogens is 1. The molecular formula is C6H9BrN4O. The number of nitrogen functional groups attached to an aromatic ring is 1. The number of hydrogen-bond donors (Lipinski definition) is 2. The highest BCUT2D eigenvalue weighted by Gasteiger charge is 2.05. The lowest BCUT2D eigenvalue weighted by Gasteiger charge is -2.10. The Bertz CT molecular complexity index is 346. The molecule has 1 rings (SSSR count). The molecule has 0 atom stereocenters. The standard InChI is InChI=1S/C6H9BrN4O/c1-11(2)6-9-4(8)3(7)5(12)10-6/h1-2H3,(H3,8,9,10,12). The third-order valence-electron chi connectivity index (χ3n) is 1.30. The monoisotopic (exact) mass is 232 g/mol. The Morgan fingerprint density at radius 1 is 1.58 bits per heavy atom. The molecule has 1 heterocycles. The topological polar surface area (TPSA) is 75.0 Å². The van der Waals surface area contributed by atoms with Gasteiger partial charge in [-0.25, -0.2) is 0 Å². The SMILES string of the molecule is CN(C)c1nc(N)c(Br)c(=O)[nH]1. The van der Waals surface area contributed by atoms with Crippen molar-refractivity contribution < 1.29 is 0 Å². The van der Waals surface area contributed by atoms with Crippen molar-refractivity contribution in [3.63, 3.8) is 0 Å². The molecule has 0 amide bonds. The normalized spacial score (nSPS) is 9.92. The minimum absolute atomic E-state index is 0.197. The first-order chi connectivity index (χ1) is 5.52. The summed E-state index contributed by atoms with van der Waals surface area (Å²) in [7, 11) is 3.54. The van der Waals surface area contributed by atoms with Crippen LogP contribution in [-0.4, -0.2) is 24.1 Å². The van der Waals surface area contributed by atoms with E-state index in [4.69, 9.17) is 5.73 Å². The number of halogens is 1. The zero-order valence-corrected chi connectivity index (χ0v) is 8.34. The maximum Gasteiger partial charge on any atom is 0.268 e. The molecular weight excluding hydrogens is 224 g/mol. The highest BCUT2D eigenvalue weighted by Crippen LogP contribution is 2.12. The van der Waals surface area contributed by atoms with E-state index in [1.807, 2.05) is 0 Å². The van der Waals surface area contributed by atoms with Crippen LogP contribution < -0.4 is 16.2 Å². The van der Waals surface area contributed by atoms with Crippen LogP contribution in [0.2, 0.25) is 0 Å². The van der Waals surface area contributed by atoms with Crippen LogP contribution in [-0.2, 0) is 0 Å². The first-order valence-corrected chi connectivity index (χ1v) is 4.04. The maximum atomic E-state index is 11.1. The molecule has 0 unspecified atom stereocenters. The van der Waals surface area contributed by atoms with Crippen molar-refractivity contribution in [2.24, 2.45) is 0 Å². The van der Waals surface area contributed by atoms with Gasteiger partial charge >= 0.3 is 0 Å². The number of aromatic nitrogens is 2. The summed E-state index contributed by atoms with van der Waals surface area (Å²) in [6, 6.07) is 0. The number of hydrogen-bond acceptors (Lipinski definition) is 4. The van der Waals surface area contributed by atoms with E-state index in [0.29, 0.717) is 5.95 Å². The molecule has 0 radical (unpaired) electrons. The highest BCUT2D eigenvalue weighted by atomic mass is 79.9.